The van der Waals surface area contributed by atoms with Crippen LogP contribution in [0.2, 0.25) is 0 Å². The average molecular weight is 329 g/mol. The van der Waals surface area contributed by atoms with Crippen LogP contribution in [0.5, 0.6) is 17.2 Å². The van der Waals surface area contributed by atoms with Crippen LogP contribution in [0.1, 0.15) is 12.5 Å². The Morgan fingerprint density at radius 3 is 2.38 bits per heavy atom. The first-order chi connectivity index (χ1) is 11.6. The van der Waals surface area contributed by atoms with E-state index in [1.165, 1.54) is 0 Å². The maximum atomic E-state index is 11.9. The zero-order valence-electron chi connectivity index (χ0n) is 14.2. The number of nitrogens with one attached hydrogen (secondary N) is 1. The third-order valence-electron chi connectivity index (χ3n) is 3.42. The largest absolute Gasteiger partial charge is 0.497 e. The van der Waals surface area contributed by atoms with E-state index in [0.29, 0.717) is 6.61 Å². The van der Waals surface area contributed by atoms with Crippen molar-refractivity contribution in [2.75, 3.05) is 20.3 Å². The normalized spacial score (nSPS) is 11.5. The highest BCUT2D eigenvalue weighted by Crippen LogP contribution is 2.17. The lowest BCUT2D eigenvalue weighted by atomic mass is 10.2. The first kappa shape index (κ1) is 17.7. The topological polar surface area (TPSA) is 56.8 Å². The summed E-state index contributed by atoms with van der Waals surface area (Å²) in [5.41, 5.74) is 1.00. The second-order valence-electron chi connectivity index (χ2n) is 5.51. The Morgan fingerprint density at radius 2 is 1.71 bits per heavy atom. The summed E-state index contributed by atoms with van der Waals surface area (Å²) in [5, 5.41) is 2.85. The molecule has 128 valence electrons. The summed E-state index contributed by atoms with van der Waals surface area (Å²) in [7, 11) is 1.62. The molecule has 0 fully saturated rings. The summed E-state index contributed by atoms with van der Waals surface area (Å²) < 4.78 is 16.3. The minimum absolute atomic E-state index is 0.0161. The van der Waals surface area contributed by atoms with Crippen LogP contribution in [-0.2, 0) is 4.79 Å². The van der Waals surface area contributed by atoms with Gasteiger partial charge in [-0.3, -0.25) is 4.79 Å². The Kier molecular flexibility index (Phi) is 6.49. The lowest BCUT2D eigenvalue weighted by Gasteiger charge is -2.16. The maximum absolute atomic E-state index is 11.9. The van der Waals surface area contributed by atoms with Crippen molar-refractivity contribution in [2.24, 2.45) is 0 Å². The molecule has 0 aliphatic rings. The predicted octanol–water partition coefficient (Wildman–Crippen LogP) is 2.97. The summed E-state index contributed by atoms with van der Waals surface area (Å²) >= 11 is 0. The number of amides is 1. The van der Waals surface area contributed by atoms with Gasteiger partial charge in [-0.15, -0.1) is 0 Å². The summed E-state index contributed by atoms with van der Waals surface area (Å²) in [5.74, 6) is 2.05. The molecule has 0 spiro atoms. The fourth-order valence-corrected chi connectivity index (χ4v) is 2.11. The molecule has 0 radical (unpaired) electrons. The highest BCUT2D eigenvalue weighted by atomic mass is 16.5. The molecule has 24 heavy (non-hydrogen) atoms. The second kappa shape index (κ2) is 8.82. The molecule has 5 heteroatoms. The molecule has 2 aromatic rings. The fourth-order valence-electron chi connectivity index (χ4n) is 2.11. The molecule has 0 heterocycles. The Bertz CT molecular complexity index is 655. The summed E-state index contributed by atoms with van der Waals surface area (Å²) in [6.45, 7) is 4.19. The van der Waals surface area contributed by atoms with Gasteiger partial charge in [-0.1, -0.05) is 18.2 Å². The van der Waals surface area contributed by atoms with Gasteiger partial charge in [0.05, 0.1) is 13.2 Å². The third-order valence-corrected chi connectivity index (χ3v) is 3.42. The molecule has 0 saturated carbocycles. The van der Waals surface area contributed by atoms with Crippen molar-refractivity contribution in [3.05, 3.63) is 54.1 Å². The standard InChI is InChI=1S/C19H23NO4/c1-14-6-4-5-7-18(14)24-13-19(21)20-15(2)12-23-17-10-8-16(22-3)9-11-17/h4-11,15H,12-13H2,1-3H3,(H,20,21)/t15-/m1/s1. The first-order valence-electron chi connectivity index (χ1n) is 7.83. The predicted molar refractivity (Wildman–Crippen MR) is 92.8 cm³/mol. The molecule has 1 amide bonds. The second-order valence-corrected chi connectivity index (χ2v) is 5.51. The van der Waals surface area contributed by atoms with E-state index in [9.17, 15) is 4.79 Å². The number of benzene rings is 2. The molecule has 0 aliphatic carbocycles. The number of carbonyl (C=O) groups excluding carboxylic acids is 1. The lowest BCUT2D eigenvalue weighted by Crippen LogP contribution is -2.39. The van der Waals surface area contributed by atoms with E-state index < -0.39 is 0 Å². The monoisotopic (exact) mass is 329 g/mol. The zero-order valence-corrected chi connectivity index (χ0v) is 14.2. The van der Waals surface area contributed by atoms with Gasteiger partial charge in [0.15, 0.2) is 6.61 Å². The van der Waals surface area contributed by atoms with E-state index in [1.54, 1.807) is 7.11 Å². The summed E-state index contributed by atoms with van der Waals surface area (Å²) in [6, 6.07) is 14.8. The molecule has 0 aromatic heterocycles. The summed E-state index contributed by atoms with van der Waals surface area (Å²) in [4.78, 5) is 11.9. The summed E-state index contributed by atoms with van der Waals surface area (Å²) in [6.07, 6.45) is 0. The van der Waals surface area contributed by atoms with Crippen LogP contribution in [0.15, 0.2) is 48.5 Å². The van der Waals surface area contributed by atoms with Crippen LogP contribution in [0, 0.1) is 6.92 Å². The highest BCUT2D eigenvalue weighted by molar-refractivity contribution is 5.77. The molecule has 0 aliphatic heterocycles. The van der Waals surface area contributed by atoms with E-state index in [0.717, 1.165) is 22.8 Å². The van der Waals surface area contributed by atoms with Crippen molar-refractivity contribution in [1.82, 2.24) is 5.32 Å². The number of para-hydroxylation sites is 1. The SMILES string of the molecule is COc1ccc(OC[C@@H](C)NC(=O)COc2ccccc2C)cc1. The van der Waals surface area contributed by atoms with Crippen LogP contribution in [0.3, 0.4) is 0 Å². The van der Waals surface area contributed by atoms with Crippen molar-refractivity contribution < 1.29 is 19.0 Å². The van der Waals surface area contributed by atoms with Crippen molar-refractivity contribution in [2.45, 2.75) is 19.9 Å². The zero-order chi connectivity index (χ0) is 17.4. The molecule has 0 bridgehead atoms. The molecule has 1 atom stereocenters. The van der Waals surface area contributed by atoms with Gasteiger partial charge in [0.25, 0.3) is 5.91 Å². The van der Waals surface area contributed by atoms with Gasteiger partial charge in [0.1, 0.15) is 23.9 Å². The van der Waals surface area contributed by atoms with Crippen molar-refractivity contribution in [1.29, 1.82) is 0 Å². The molecule has 0 unspecified atom stereocenters. The van der Waals surface area contributed by atoms with E-state index in [-0.39, 0.29) is 18.6 Å². The van der Waals surface area contributed by atoms with Crippen molar-refractivity contribution in [3.8, 4) is 17.2 Å². The number of aryl methyl sites for hydroxylation is 1. The molecule has 0 saturated heterocycles. The first-order valence-corrected chi connectivity index (χ1v) is 7.83. The van der Waals surface area contributed by atoms with Crippen molar-refractivity contribution in [3.63, 3.8) is 0 Å². The van der Waals surface area contributed by atoms with E-state index in [4.69, 9.17) is 14.2 Å². The van der Waals surface area contributed by atoms with Crippen LogP contribution in [0.4, 0.5) is 0 Å². The molecule has 1 N–H and O–H groups in total. The Morgan fingerprint density at radius 1 is 1.04 bits per heavy atom. The van der Waals surface area contributed by atoms with Crippen molar-refractivity contribution >= 4 is 5.91 Å². The Hall–Kier alpha value is -2.69. The van der Waals surface area contributed by atoms with Crippen LogP contribution >= 0.6 is 0 Å². The minimum atomic E-state index is -0.177. The van der Waals surface area contributed by atoms with Crippen LogP contribution in [-0.4, -0.2) is 32.3 Å². The van der Waals surface area contributed by atoms with Gasteiger partial charge in [-0.2, -0.15) is 0 Å². The maximum Gasteiger partial charge on any atom is 0.258 e. The Balaban J connectivity index is 1.72. The van der Waals surface area contributed by atoms with Crippen LogP contribution < -0.4 is 19.5 Å². The smallest absolute Gasteiger partial charge is 0.258 e. The Labute approximate surface area is 142 Å². The van der Waals surface area contributed by atoms with E-state index >= 15 is 0 Å². The average Bonchev–Trinajstić information content (AvgIpc) is 2.59. The number of methoxy groups -OCH3 is 1. The van der Waals surface area contributed by atoms with E-state index in [2.05, 4.69) is 5.32 Å². The molecule has 2 aromatic carbocycles. The van der Waals surface area contributed by atoms with Gasteiger partial charge in [0, 0.05) is 0 Å². The fraction of sp³-hybridized carbons (Fsp3) is 0.316. The molecule has 2 rings (SSSR count). The van der Waals surface area contributed by atoms with Gasteiger partial charge in [-0.05, 0) is 49.7 Å². The van der Waals surface area contributed by atoms with Gasteiger partial charge in [0.2, 0.25) is 0 Å². The van der Waals surface area contributed by atoms with Crippen LogP contribution in [0.25, 0.3) is 0 Å². The molecular formula is C19H23NO4. The molecule has 5 nitrogen and oxygen atoms in total. The number of ether oxygens (including phenoxy) is 3. The van der Waals surface area contributed by atoms with E-state index in [1.807, 2.05) is 62.4 Å². The lowest BCUT2D eigenvalue weighted by molar-refractivity contribution is -0.123. The highest BCUT2D eigenvalue weighted by Gasteiger charge is 2.09. The van der Waals surface area contributed by atoms with Gasteiger partial charge in [-0.25, -0.2) is 0 Å². The number of rotatable bonds is 8. The third kappa shape index (κ3) is 5.50. The minimum Gasteiger partial charge on any atom is -0.497 e. The number of carbonyl (C=O) groups is 1. The quantitative estimate of drug-likeness (QED) is 0.809. The molecular weight excluding hydrogens is 306 g/mol. The number of hydrogen-bond donors (Lipinski definition) is 1. The van der Waals surface area contributed by atoms with Gasteiger partial charge < -0.3 is 19.5 Å². The number of hydrogen-bond acceptors (Lipinski definition) is 4. The van der Waals surface area contributed by atoms with Gasteiger partial charge >= 0.3 is 0 Å².